The molecule has 0 saturated heterocycles. The normalized spacial score (nSPS) is 13.9. The number of hydrogen-bond acceptors (Lipinski definition) is 3. The fourth-order valence-corrected chi connectivity index (χ4v) is 1.49. The van der Waals surface area contributed by atoms with Crippen LogP contribution in [0.4, 0.5) is 0 Å². The fraction of sp³-hybridized carbons (Fsp3) is 0.923. The molecule has 0 bridgehead atoms. The average molecular weight is 243 g/mol. The van der Waals surface area contributed by atoms with Crippen LogP contribution in [0, 0.1) is 5.41 Å². The molecule has 0 aliphatic heterocycles. The maximum absolute atomic E-state index is 12.3. The minimum Gasteiger partial charge on any atom is -0.340 e. The first-order valence-electron chi connectivity index (χ1n) is 6.39. The number of carbonyl (C=O) groups excluding carboxylic acids is 1. The van der Waals surface area contributed by atoms with Crippen LogP contribution in [-0.2, 0) is 4.79 Å². The molecule has 0 fully saturated rings. The third kappa shape index (κ3) is 6.03. The summed E-state index contributed by atoms with van der Waals surface area (Å²) in [7, 11) is 4.02. The predicted molar refractivity (Wildman–Crippen MR) is 72.9 cm³/mol. The van der Waals surface area contributed by atoms with Crippen molar-refractivity contribution in [1.82, 2.24) is 9.80 Å². The standard InChI is InChI=1S/C13H29N3O/c1-7-8-16(10-9-15(5)6)12(17)11(14)13(2,3)4/h11H,7-10,14H2,1-6H3/t11-/m0/s1. The van der Waals surface area contributed by atoms with E-state index >= 15 is 0 Å². The van der Waals surface area contributed by atoms with Gasteiger partial charge in [-0.2, -0.15) is 0 Å². The van der Waals surface area contributed by atoms with Crippen molar-refractivity contribution in [3.8, 4) is 0 Å². The smallest absolute Gasteiger partial charge is 0.240 e. The van der Waals surface area contributed by atoms with Gasteiger partial charge in [-0.3, -0.25) is 4.79 Å². The lowest BCUT2D eigenvalue weighted by Crippen LogP contribution is -2.51. The molecule has 2 N–H and O–H groups in total. The Balaban J connectivity index is 4.53. The van der Waals surface area contributed by atoms with E-state index < -0.39 is 6.04 Å². The first-order chi connectivity index (χ1) is 7.70. The molecular formula is C13H29N3O. The second kappa shape index (κ2) is 6.97. The molecule has 1 amide bonds. The van der Waals surface area contributed by atoms with Gasteiger partial charge in [-0.05, 0) is 25.9 Å². The van der Waals surface area contributed by atoms with E-state index in [1.54, 1.807) is 0 Å². The van der Waals surface area contributed by atoms with Gasteiger partial charge in [0.25, 0.3) is 0 Å². The van der Waals surface area contributed by atoms with Gasteiger partial charge in [0.15, 0.2) is 0 Å². The van der Waals surface area contributed by atoms with E-state index in [9.17, 15) is 4.79 Å². The van der Waals surface area contributed by atoms with Crippen LogP contribution in [0.15, 0.2) is 0 Å². The minimum absolute atomic E-state index is 0.0706. The van der Waals surface area contributed by atoms with Gasteiger partial charge in [-0.1, -0.05) is 27.7 Å². The number of hydrogen-bond donors (Lipinski definition) is 1. The largest absolute Gasteiger partial charge is 0.340 e. The predicted octanol–water partition coefficient (Wildman–Crippen LogP) is 1.16. The van der Waals surface area contributed by atoms with Crippen molar-refractivity contribution in [3.63, 3.8) is 0 Å². The van der Waals surface area contributed by atoms with E-state index in [0.29, 0.717) is 0 Å². The summed E-state index contributed by atoms with van der Waals surface area (Å²) >= 11 is 0. The third-order valence-corrected chi connectivity index (χ3v) is 2.82. The van der Waals surface area contributed by atoms with Gasteiger partial charge in [0.1, 0.15) is 0 Å². The van der Waals surface area contributed by atoms with Gasteiger partial charge in [0, 0.05) is 19.6 Å². The number of nitrogens with two attached hydrogens (primary N) is 1. The molecule has 4 nitrogen and oxygen atoms in total. The molecule has 0 unspecified atom stereocenters. The Bertz CT molecular complexity index is 233. The highest BCUT2D eigenvalue weighted by Crippen LogP contribution is 2.19. The maximum atomic E-state index is 12.3. The van der Waals surface area contributed by atoms with Crippen LogP contribution in [0.1, 0.15) is 34.1 Å². The third-order valence-electron chi connectivity index (χ3n) is 2.82. The molecule has 0 spiro atoms. The Morgan fingerprint density at radius 2 is 1.71 bits per heavy atom. The van der Waals surface area contributed by atoms with Gasteiger partial charge < -0.3 is 15.5 Å². The van der Waals surface area contributed by atoms with Crippen molar-refractivity contribution in [1.29, 1.82) is 0 Å². The monoisotopic (exact) mass is 243 g/mol. The summed E-state index contributed by atoms with van der Waals surface area (Å²) in [6.07, 6.45) is 0.968. The number of nitrogens with zero attached hydrogens (tertiary/aromatic N) is 2. The lowest BCUT2D eigenvalue weighted by molar-refractivity contribution is -0.135. The lowest BCUT2D eigenvalue weighted by Gasteiger charge is -2.32. The van der Waals surface area contributed by atoms with Crippen molar-refractivity contribution < 1.29 is 4.79 Å². The first-order valence-corrected chi connectivity index (χ1v) is 6.39. The summed E-state index contributed by atoms with van der Waals surface area (Å²) in [5.74, 6) is 0.0706. The van der Waals surface area contributed by atoms with Crippen LogP contribution < -0.4 is 5.73 Å². The number of likely N-dealkylation sites (N-methyl/N-ethyl adjacent to an activating group) is 1. The van der Waals surface area contributed by atoms with Crippen molar-refractivity contribution in [2.24, 2.45) is 11.1 Å². The fourth-order valence-electron chi connectivity index (χ4n) is 1.49. The van der Waals surface area contributed by atoms with Gasteiger partial charge in [-0.25, -0.2) is 0 Å². The van der Waals surface area contributed by atoms with E-state index in [2.05, 4.69) is 11.8 Å². The molecule has 0 aromatic heterocycles. The van der Waals surface area contributed by atoms with Crippen molar-refractivity contribution in [2.75, 3.05) is 33.7 Å². The molecular weight excluding hydrogens is 214 g/mol. The zero-order chi connectivity index (χ0) is 13.6. The highest BCUT2D eigenvalue weighted by molar-refractivity contribution is 5.82. The quantitative estimate of drug-likeness (QED) is 0.761. The Labute approximate surface area is 106 Å². The molecule has 4 heteroatoms. The van der Waals surface area contributed by atoms with Crippen molar-refractivity contribution in [3.05, 3.63) is 0 Å². The molecule has 1 atom stereocenters. The molecule has 0 aromatic carbocycles. The second-order valence-corrected chi connectivity index (χ2v) is 5.97. The summed E-state index contributed by atoms with van der Waals surface area (Å²) in [6, 6.07) is -0.420. The summed E-state index contributed by atoms with van der Waals surface area (Å²) in [4.78, 5) is 16.2. The average Bonchev–Trinajstić information content (AvgIpc) is 2.20. The Morgan fingerprint density at radius 1 is 1.18 bits per heavy atom. The molecule has 0 aromatic rings. The molecule has 17 heavy (non-hydrogen) atoms. The molecule has 0 aliphatic rings. The van der Waals surface area contributed by atoms with Crippen LogP contribution >= 0.6 is 0 Å². The Morgan fingerprint density at radius 3 is 2.06 bits per heavy atom. The SMILES string of the molecule is CCCN(CCN(C)C)C(=O)[C@H](N)C(C)(C)C. The zero-order valence-electron chi connectivity index (χ0n) is 12.3. The van der Waals surface area contributed by atoms with Crippen LogP contribution in [-0.4, -0.2) is 55.5 Å². The molecule has 0 rings (SSSR count). The van der Waals surface area contributed by atoms with E-state index in [1.165, 1.54) is 0 Å². The van der Waals surface area contributed by atoms with E-state index in [4.69, 9.17) is 5.73 Å². The Hall–Kier alpha value is -0.610. The second-order valence-electron chi connectivity index (χ2n) is 5.97. The van der Waals surface area contributed by atoms with Gasteiger partial charge in [0.2, 0.25) is 5.91 Å². The van der Waals surface area contributed by atoms with Gasteiger partial charge >= 0.3 is 0 Å². The summed E-state index contributed by atoms with van der Waals surface area (Å²) < 4.78 is 0. The summed E-state index contributed by atoms with van der Waals surface area (Å²) in [5.41, 5.74) is 5.85. The molecule has 102 valence electrons. The molecule has 0 heterocycles. The van der Waals surface area contributed by atoms with Gasteiger partial charge in [0.05, 0.1) is 6.04 Å². The molecule has 0 radical (unpaired) electrons. The van der Waals surface area contributed by atoms with Crippen molar-refractivity contribution >= 4 is 5.91 Å². The zero-order valence-corrected chi connectivity index (χ0v) is 12.3. The number of amides is 1. The Kier molecular flexibility index (Phi) is 6.72. The molecule has 0 aliphatic carbocycles. The first kappa shape index (κ1) is 16.4. The summed E-state index contributed by atoms with van der Waals surface area (Å²) in [6.45, 7) is 10.5. The van der Waals surface area contributed by atoms with Crippen molar-refractivity contribution in [2.45, 2.75) is 40.2 Å². The van der Waals surface area contributed by atoms with Crippen LogP contribution in [0.2, 0.25) is 0 Å². The topological polar surface area (TPSA) is 49.6 Å². The minimum atomic E-state index is -0.420. The van der Waals surface area contributed by atoms with Crippen LogP contribution in [0.25, 0.3) is 0 Å². The van der Waals surface area contributed by atoms with E-state index in [1.807, 2.05) is 39.8 Å². The highest BCUT2D eigenvalue weighted by Gasteiger charge is 2.30. The molecule has 0 saturated carbocycles. The van der Waals surface area contributed by atoms with E-state index in [0.717, 1.165) is 26.1 Å². The highest BCUT2D eigenvalue weighted by atomic mass is 16.2. The number of rotatable bonds is 6. The van der Waals surface area contributed by atoms with Gasteiger partial charge in [-0.15, -0.1) is 0 Å². The number of carbonyl (C=O) groups is 1. The van der Waals surface area contributed by atoms with E-state index in [-0.39, 0.29) is 11.3 Å². The van der Waals surface area contributed by atoms with Crippen LogP contribution in [0.5, 0.6) is 0 Å². The lowest BCUT2D eigenvalue weighted by atomic mass is 9.86. The maximum Gasteiger partial charge on any atom is 0.240 e. The summed E-state index contributed by atoms with van der Waals surface area (Å²) in [5, 5.41) is 0. The van der Waals surface area contributed by atoms with Crippen LogP contribution in [0.3, 0.4) is 0 Å².